The van der Waals surface area contributed by atoms with Gasteiger partial charge in [0.05, 0.1) is 13.3 Å². The number of hydrogen-bond donors (Lipinski definition) is 0. The molecule has 1 rings (SSSR count). The van der Waals surface area contributed by atoms with Crippen LogP contribution in [0.4, 0.5) is 5.82 Å². The van der Waals surface area contributed by atoms with Gasteiger partial charge in [0, 0.05) is 13.2 Å². The van der Waals surface area contributed by atoms with Gasteiger partial charge < -0.3 is 9.64 Å². The second-order valence-corrected chi connectivity index (χ2v) is 3.54. The molecule has 0 spiro atoms. The van der Waals surface area contributed by atoms with Crippen LogP contribution in [0, 0.1) is 0 Å². The van der Waals surface area contributed by atoms with Gasteiger partial charge in [0.15, 0.2) is 0 Å². The molecule has 0 fully saturated rings. The van der Waals surface area contributed by atoms with E-state index >= 15 is 0 Å². The van der Waals surface area contributed by atoms with Gasteiger partial charge in [0.2, 0.25) is 0 Å². The first-order chi connectivity index (χ1) is 8.17. The molecule has 0 saturated carbocycles. The number of nitrogens with zero attached hydrogens (tertiary/aromatic N) is 2. The first kappa shape index (κ1) is 13.0. The molecule has 0 atom stereocenters. The van der Waals surface area contributed by atoms with Crippen LogP contribution in [0.2, 0.25) is 0 Å². The third-order valence-electron chi connectivity index (χ3n) is 2.17. The number of hydrogen-bond acceptors (Lipinski definition) is 4. The maximum Gasteiger partial charge on any atom is 0.145 e. The van der Waals surface area contributed by atoms with Crippen LogP contribution in [0.3, 0.4) is 0 Å². The van der Waals surface area contributed by atoms with Crippen molar-refractivity contribution in [2.75, 3.05) is 19.1 Å². The number of ether oxygens (including phenoxy) is 1. The Morgan fingerprint density at radius 3 is 2.76 bits per heavy atom. The predicted octanol–water partition coefficient (Wildman–Crippen LogP) is 2.19. The van der Waals surface area contributed by atoms with E-state index in [0.29, 0.717) is 5.57 Å². The number of carbonyl (C=O) groups excluding carboxylic acids is 1. The van der Waals surface area contributed by atoms with Crippen molar-refractivity contribution < 1.29 is 9.53 Å². The molecular formula is C13H16N2O2. The molecule has 0 aliphatic carbocycles. The molecule has 0 radical (unpaired) electrons. The number of methoxy groups -OCH3 is 1. The van der Waals surface area contributed by atoms with E-state index in [4.69, 9.17) is 4.74 Å². The zero-order valence-corrected chi connectivity index (χ0v) is 10.3. The average molecular weight is 232 g/mol. The molecule has 1 aromatic heterocycles. The summed E-state index contributed by atoms with van der Waals surface area (Å²) < 4.78 is 5.03. The molecule has 0 unspecified atom stereocenters. The number of allylic oxidation sites excluding steroid dienone is 3. The van der Waals surface area contributed by atoms with Crippen LogP contribution in [0.15, 0.2) is 42.3 Å². The second-order valence-electron chi connectivity index (χ2n) is 3.54. The van der Waals surface area contributed by atoms with E-state index in [1.54, 1.807) is 32.4 Å². The van der Waals surface area contributed by atoms with Gasteiger partial charge in [-0.3, -0.25) is 4.79 Å². The fraction of sp³-hybridized carbons (Fsp3) is 0.231. The highest BCUT2D eigenvalue weighted by Gasteiger charge is 1.98. The summed E-state index contributed by atoms with van der Waals surface area (Å²) in [5, 5.41) is 0. The maximum absolute atomic E-state index is 10.4. The van der Waals surface area contributed by atoms with Crippen LogP contribution in [-0.4, -0.2) is 25.4 Å². The van der Waals surface area contributed by atoms with Crippen LogP contribution < -0.4 is 9.64 Å². The van der Waals surface area contributed by atoms with Gasteiger partial charge in [-0.05, 0) is 30.7 Å². The highest BCUT2D eigenvalue weighted by atomic mass is 16.5. The van der Waals surface area contributed by atoms with E-state index in [1.165, 1.54) is 0 Å². The zero-order valence-electron chi connectivity index (χ0n) is 10.3. The Morgan fingerprint density at radius 2 is 2.24 bits per heavy atom. The summed E-state index contributed by atoms with van der Waals surface area (Å²) in [4.78, 5) is 16.5. The Hall–Kier alpha value is -2.10. The van der Waals surface area contributed by atoms with E-state index in [2.05, 4.69) is 4.98 Å². The molecule has 0 aliphatic heterocycles. The largest absolute Gasteiger partial charge is 0.495 e. The number of aldehydes is 1. The number of pyridine rings is 1. The Kier molecular flexibility index (Phi) is 4.94. The molecule has 0 N–H and O–H groups in total. The zero-order chi connectivity index (χ0) is 12.7. The van der Waals surface area contributed by atoms with Crippen molar-refractivity contribution >= 4 is 12.1 Å². The predicted molar refractivity (Wildman–Crippen MR) is 68.2 cm³/mol. The van der Waals surface area contributed by atoms with Crippen LogP contribution in [-0.2, 0) is 4.79 Å². The van der Waals surface area contributed by atoms with Gasteiger partial charge in [0.1, 0.15) is 17.9 Å². The minimum Gasteiger partial charge on any atom is -0.495 e. The topological polar surface area (TPSA) is 42.4 Å². The van der Waals surface area contributed by atoms with Gasteiger partial charge in [-0.2, -0.15) is 0 Å². The van der Waals surface area contributed by atoms with Crippen LogP contribution in [0.25, 0.3) is 0 Å². The summed E-state index contributed by atoms with van der Waals surface area (Å²) >= 11 is 0. The average Bonchev–Trinajstić information content (AvgIpc) is 2.38. The lowest BCUT2D eigenvalue weighted by Crippen LogP contribution is -2.09. The van der Waals surface area contributed by atoms with Crippen molar-refractivity contribution in [2.24, 2.45) is 0 Å². The molecule has 0 bridgehead atoms. The Labute approximate surface area is 101 Å². The molecule has 1 heterocycles. The van der Waals surface area contributed by atoms with Crippen molar-refractivity contribution in [3.05, 3.63) is 42.3 Å². The minimum atomic E-state index is 0.678. The fourth-order valence-corrected chi connectivity index (χ4v) is 1.14. The third-order valence-corrected chi connectivity index (χ3v) is 2.17. The van der Waals surface area contributed by atoms with Crippen molar-refractivity contribution in [3.63, 3.8) is 0 Å². The molecular weight excluding hydrogens is 216 g/mol. The number of anilines is 1. The lowest BCUT2D eigenvalue weighted by atomic mass is 10.3. The van der Waals surface area contributed by atoms with Crippen LogP contribution >= 0.6 is 0 Å². The maximum atomic E-state index is 10.4. The standard InChI is InChI=1S/C13H16N2O2/c1-11(10-16)5-4-8-15(2)13-7-6-12(17-3)9-14-13/h4-10H,1-3H3/b8-4-,11-5-. The molecule has 4 heteroatoms. The van der Waals surface area contributed by atoms with E-state index in [1.807, 2.05) is 30.3 Å². The van der Waals surface area contributed by atoms with E-state index < -0.39 is 0 Å². The summed E-state index contributed by atoms with van der Waals surface area (Å²) in [7, 11) is 3.49. The number of rotatable bonds is 5. The second kappa shape index (κ2) is 6.48. The van der Waals surface area contributed by atoms with Gasteiger partial charge in [-0.25, -0.2) is 4.98 Å². The first-order valence-electron chi connectivity index (χ1n) is 5.20. The fourth-order valence-electron chi connectivity index (χ4n) is 1.14. The van der Waals surface area contributed by atoms with Gasteiger partial charge in [-0.1, -0.05) is 6.08 Å². The summed E-state index contributed by atoms with van der Waals surface area (Å²) in [6, 6.07) is 3.71. The molecule has 0 saturated heterocycles. The third kappa shape index (κ3) is 4.10. The van der Waals surface area contributed by atoms with Crippen LogP contribution in [0.5, 0.6) is 5.75 Å². The number of carbonyl (C=O) groups is 1. The summed E-state index contributed by atoms with van der Waals surface area (Å²) in [5.74, 6) is 1.53. The summed E-state index contributed by atoms with van der Waals surface area (Å²) in [5.41, 5.74) is 0.678. The first-order valence-corrected chi connectivity index (χ1v) is 5.20. The minimum absolute atomic E-state index is 0.678. The normalized spacial score (nSPS) is 11.6. The summed E-state index contributed by atoms with van der Waals surface area (Å²) in [6.07, 6.45) is 7.85. The monoisotopic (exact) mass is 232 g/mol. The van der Waals surface area contributed by atoms with Crippen molar-refractivity contribution in [2.45, 2.75) is 6.92 Å². The molecule has 4 nitrogen and oxygen atoms in total. The lowest BCUT2D eigenvalue weighted by molar-refractivity contribution is -0.104. The van der Waals surface area contributed by atoms with Gasteiger partial charge in [0.25, 0.3) is 0 Å². The molecule has 90 valence electrons. The molecule has 0 amide bonds. The number of aromatic nitrogens is 1. The Balaban J connectivity index is 2.69. The highest BCUT2D eigenvalue weighted by molar-refractivity contribution is 5.72. The smallest absolute Gasteiger partial charge is 0.145 e. The SMILES string of the molecule is COc1ccc(N(C)/C=C\C=C(\C)C=O)nc1. The molecule has 0 aromatic carbocycles. The van der Waals surface area contributed by atoms with E-state index in [0.717, 1.165) is 17.9 Å². The van der Waals surface area contributed by atoms with Crippen LogP contribution in [0.1, 0.15) is 6.92 Å². The van der Waals surface area contributed by atoms with E-state index in [-0.39, 0.29) is 0 Å². The van der Waals surface area contributed by atoms with Crippen molar-refractivity contribution in [1.82, 2.24) is 4.98 Å². The molecule has 0 aliphatic rings. The van der Waals surface area contributed by atoms with Crippen molar-refractivity contribution in [3.8, 4) is 5.75 Å². The van der Waals surface area contributed by atoms with Gasteiger partial charge in [-0.15, -0.1) is 0 Å². The highest BCUT2D eigenvalue weighted by Crippen LogP contribution is 2.14. The lowest BCUT2D eigenvalue weighted by Gasteiger charge is -2.12. The Morgan fingerprint density at radius 1 is 1.47 bits per heavy atom. The quantitative estimate of drug-likeness (QED) is 0.443. The molecule has 17 heavy (non-hydrogen) atoms. The van der Waals surface area contributed by atoms with Gasteiger partial charge >= 0.3 is 0 Å². The summed E-state index contributed by atoms with van der Waals surface area (Å²) in [6.45, 7) is 1.75. The Bertz CT molecular complexity index is 422. The van der Waals surface area contributed by atoms with E-state index in [9.17, 15) is 4.79 Å². The van der Waals surface area contributed by atoms with Crippen molar-refractivity contribution in [1.29, 1.82) is 0 Å². The molecule has 1 aromatic rings.